The minimum Gasteiger partial charge on any atom is -0.396 e. The van der Waals surface area contributed by atoms with E-state index in [0.29, 0.717) is 19.4 Å². The number of carbonyl (C=O) groups is 2. The molecule has 3 amide bonds. The van der Waals surface area contributed by atoms with E-state index < -0.39 is 5.54 Å². The molecule has 3 rings (SSSR count). The van der Waals surface area contributed by atoms with Crippen molar-refractivity contribution in [1.29, 1.82) is 0 Å². The molecule has 0 bridgehead atoms. The Hall–Kier alpha value is -1.99. The molecular weight excluding hydrogens is 356 g/mol. The third-order valence-corrected chi connectivity index (χ3v) is 6.01. The van der Waals surface area contributed by atoms with Gasteiger partial charge in [0, 0.05) is 38.5 Å². The molecule has 2 saturated heterocycles. The molecule has 154 valence electrons. The van der Waals surface area contributed by atoms with Gasteiger partial charge in [0.05, 0.1) is 12.2 Å². The molecule has 2 aliphatic rings. The standard InChI is InChI=1S/C21H32N4O3/c1-16(2)14-25-20(28)24(15-18-6-4-5-10-22-18)19(27)21(25)8-11-23(12-9-21)17(3)7-13-26/h4-6,10,16-17,26H,7-9,11-15H2,1-3H3. The first-order chi connectivity index (χ1) is 13.4. The molecule has 1 N–H and O–H groups in total. The van der Waals surface area contributed by atoms with Gasteiger partial charge in [-0.1, -0.05) is 19.9 Å². The topological polar surface area (TPSA) is 77.0 Å². The Bertz CT molecular complexity index is 686. The van der Waals surface area contributed by atoms with Crippen molar-refractivity contribution in [1.82, 2.24) is 19.7 Å². The van der Waals surface area contributed by atoms with Crippen LogP contribution in [0.4, 0.5) is 4.79 Å². The van der Waals surface area contributed by atoms with E-state index in [9.17, 15) is 14.7 Å². The summed E-state index contributed by atoms with van der Waals surface area (Å²) in [5.74, 6) is 0.202. The third-order valence-electron chi connectivity index (χ3n) is 6.01. The normalized spacial score (nSPS) is 21.2. The van der Waals surface area contributed by atoms with Crippen LogP contribution in [0.3, 0.4) is 0 Å². The second-order valence-corrected chi connectivity index (χ2v) is 8.43. The average Bonchev–Trinajstić information content (AvgIpc) is 2.86. The van der Waals surface area contributed by atoms with E-state index in [2.05, 4.69) is 30.7 Å². The number of pyridine rings is 1. The van der Waals surface area contributed by atoms with Crippen molar-refractivity contribution in [2.75, 3.05) is 26.2 Å². The number of hydrogen-bond acceptors (Lipinski definition) is 5. The number of nitrogens with zero attached hydrogens (tertiary/aromatic N) is 4. The Labute approximate surface area is 167 Å². The van der Waals surface area contributed by atoms with Crippen LogP contribution in [0.5, 0.6) is 0 Å². The summed E-state index contributed by atoms with van der Waals surface area (Å²) in [6, 6.07) is 5.62. The smallest absolute Gasteiger partial charge is 0.328 e. The van der Waals surface area contributed by atoms with Crippen molar-refractivity contribution < 1.29 is 14.7 Å². The highest BCUT2D eigenvalue weighted by molar-refractivity contribution is 6.07. The second kappa shape index (κ2) is 8.57. The summed E-state index contributed by atoms with van der Waals surface area (Å²) in [7, 11) is 0. The van der Waals surface area contributed by atoms with Crippen LogP contribution in [0.2, 0.25) is 0 Å². The van der Waals surface area contributed by atoms with Crippen molar-refractivity contribution in [3.05, 3.63) is 30.1 Å². The van der Waals surface area contributed by atoms with Gasteiger partial charge in [0.2, 0.25) is 0 Å². The third kappa shape index (κ3) is 3.91. The van der Waals surface area contributed by atoms with E-state index in [1.807, 2.05) is 23.1 Å². The Morgan fingerprint density at radius 2 is 1.89 bits per heavy atom. The van der Waals surface area contributed by atoms with Crippen molar-refractivity contribution in [2.24, 2.45) is 5.92 Å². The molecule has 1 aromatic heterocycles. The van der Waals surface area contributed by atoms with Crippen molar-refractivity contribution in [2.45, 2.75) is 58.2 Å². The quantitative estimate of drug-likeness (QED) is 0.724. The molecule has 1 spiro atoms. The van der Waals surface area contributed by atoms with E-state index in [0.717, 1.165) is 25.2 Å². The average molecular weight is 389 g/mol. The fraction of sp³-hybridized carbons (Fsp3) is 0.667. The van der Waals surface area contributed by atoms with E-state index in [1.54, 1.807) is 6.20 Å². The SMILES string of the molecule is CC(C)CN1C(=O)N(Cc2ccccn2)C(=O)C12CCN(C(C)CCO)CC2. The Kier molecular flexibility index (Phi) is 6.35. The molecule has 2 aliphatic heterocycles. The van der Waals surface area contributed by atoms with E-state index in [-0.39, 0.29) is 37.0 Å². The molecule has 0 aliphatic carbocycles. The number of aliphatic hydroxyl groups excluding tert-OH is 1. The molecule has 28 heavy (non-hydrogen) atoms. The maximum atomic E-state index is 13.5. The van der Waals surface area contributed by atoms with Gasteiger partial charge in [0.15, 0.2) is 0 Å². The van der Waals surface area contributed by atoms with Crippen molar-refractivity contribution >= 4 is 11.9 Å². The summed E-state index contributed by atoms with van der Waals surface area (Å²) < 4.78 is 0. The first kappa shape index (κ1) is 20.7. The van der Waals surface area contributed by atoms with Crippen molar-refractivity contribution in [3.63, 3.8) is 0 Å². The highest BCUT2D eigenvalue weighted by Crippen LogP contribution is 2.39. The molecule has 7 nitrogen and oxygen atoms in total. The first-order valence-corrected chi connectivity index (χ1v) is 10.3. The van der Waals surface area contributed by atoms with Crippen LogP contribution in [-0.2, 0) is 11.3 Å². The van der Waals surface area contributed by atoms with Gasteiger partial charge in [-0.25, -0.2) is 4.79 Å². The summed E-state index contributed by atoms with van der Waals surface area (Å²) in [5, 5.41) is 9.22. The number of likely N-dealkylation sites (tertiary alicyclic amines) is 1. The minimum atomic E-state index is -0.744. The lowest BCUT2D eigenvalue weighted by Crippen LogP contribution is -2.58. The van der Waals surface area contributed by atoms with Gasteiger partial charge < -0.3 is 14.9 Å². The predicted octanol–water partition coefficient (Wildman–Crippen LogP) is 2.11. The van der Waals surface area contributed by atoms with Crippen LogP contribution in [0.25, 0.3) is 0 Å². The monoisotopic (exact) mass is 388 g/mol. The van der Waals surface area contributed by atoms with Crippen LogP contribution >= 0.6 is 0 Å². The highest BCUT2D eigenvalue weighted by atomic mass is 16.3. The summed E-state index contributed by atoms with van der Waals surface area (Å²) in [4.78, 5) is 36.5. The lowest BCUT2D eigenvalue weighted by atomic mass is 9.84. The molecule has 3 heterocycles. The number of carbonyl (C=O) groups excluding carboxylic acids is 2. The number of amides is 3. The molecule has 1 unspecified atom stereocenters. The number of urea groups is 1. The number of aliphatic hydroxyl groups is 1. The molecule has 1 aromatic rings. The van der Waals surface area contributed by atoms with Gasteiger partial charge in [-0.15, -0.1) is 0 Å². The van der Waals surface area contributed by atoms with Crippen LogP contribution < -0.4 is 0 Å². The van der Waals surface area contributed by atoms with Gasteiger partial charge in [-0.05, 0) is 44.2 Å². The zero-order valence-corrected chi connectivity index (χ0v) is 17.2. The summed E-state index contributed by atoms with van der Waals surface area (Å²) in [6.07, 6.45) is 3.68. The van der Waals surface area contributed by atoms with Crippen LogP contribution in [0.1, 0.15) is 45.7 Å². The number of imide groups is 1. The summed E-state index contributed by atoms with van der Waals surface area (Å²) in [5.41, 5.74) is -0.0225. The van der Waals surface area contributed by atoms with E-state index >= 15 is 0 Å². The summed E-state index contributed by atoms with van der Waals surface area (Å²) >= 11 is 0. The molecule has 0 radical (unpaired) electrons. The van der Waals surface area contributed by atoms with Gasteiger partial charge in [0.25, 0.3) is 5.91 Å². The zero-order valence-electron chi connectivity index (χ0n) is 17.2. The zero-order chi connectivity index (χ0) is 20.3. The van der Waals surface area contributed by atoms with Crippen LogP contribution in [0, 0.1) is 5.92 Å². The summed E-state index contributed by atoms with van der Waals surface area (Å²) in [6.45, 7) is 8.73. The maximum Gasteiger partial charge on any atom is 0.328 e. The van der Waals surface area contributed by atoms with Crippen LogP contribution in [-0.4, -0.2) is 74.6 Å². The number of rotatable bonds is 7. The van der Waals surface area contributed by atoms with Gasteiger partial charge in [-0.3, -0.25) is 14.7 Å². The van der Waals surface area contributed by atoms with Gasteiger partial charge in [-0.2, -0.15) is 0 Å². The highest BCUT2D eigenvalue weighted by Gasteiger charge is 2.58. The fourth-order valence-corrected chi connectivity index (χ4v) is 4.38. The first-order valence-electron chi connectivity index (χ1n) is 10.3. The van der Waals surface area contributed by atoms with Gasteiger partial charge >= 0.3 is 6.03 Å². The predicted molar refractivity (Wildman–Crippen MR) is 106 cm³/mol. The van der Waals surface area contributed by atoms with E-state index in [1.165, 1.54) is 4.90 Å². The number of hydrogen-bond donors (Lipinski definition) is 1. The Morgan fingerprint density at radius 1 is 1.18 bits per heavy atom. The lowest BCUT2D eigenvalue weighted by molar-refractivity contribution is -0.136. The lowest BCUT2D eigenvalue weighted by Gasteiger charge is -2.44. The van der Waals surface area contributed by atoms with Crippen LogP contribution in [0.15, 0.2) is 24.4 Å². The molecule has 0 aromatic carbocycles. The Morgan fingerprint density at radius 3 is 2.46 bits per heavy atom. The number of piperidine rings is 1. The minimum absolute atomic E-state index is 0.0849. The number of aromatic nitrogens is 1. The Balaban J connectivity index is 1.82. The van der Waals surface area contributed by atoms with E-state index in [4.69, 9.17) is 0 Å². The largest absolute Gasteiger partial charge is 0.396 e. The fourth-order valence-electron chi connectivity index (χ4n) is 4.38. The molecular formula is C21H32N4O3. The maximum absolute atomic E-state index is 13.5. The molecule has 1 atom stereocenters. The molecule has 2 fully saturated rings. The molecule has 0 saturated carbocycles. The van der Waals surface area contributed by atoms with Crippen molar-refractivity contribution in [3.8, 4) is 0 Å². The molecule has 7 heteroatoms. The second-order valence-electron chi connectivity index (χ2n) is 8.43. The van der Waals surface area contributed by atoms with Gasteiger partial charge in [0.1, 0.15) is 5.54 Å².